The fourth-order valence-corrected chi connectivity index (χ4v) is 3.08. The molecule has 0 aliphatic heterocycles. The minimum absolute atomic E-state index is 0.147. The summed E-state index contributed by atoms with van der Waals surface area (Å²) < 4.78 is 0. The van der Waals surface area contributed by atoms with Gasteiger partial charge in [-0.2, -0.15) is 0 Å². The van der Waals surface area contributed by atoms with E-state index in [1.165, 1.54) is 11.1 Å². The van der Waals surface area contributed by atoms with Gasteiger partial charge in [0.15, 0.2) is 0 Å². The molecule has 0 spiro atoms. The lowest BCUT2D eigenvalue weighted by Gasteiger charge is -2.19. The van der Waals surface area contributed by atoms with Gasteiger partial charge in [-0.15, -0.1) is 0 Å². The predicted octanol–water partition coefficient (Wildman–Crippen LogP) is 6.62. The molecule has 3 nitrogen and oxygen atoms in total. The summed E-state index contributed by atoms with van der Waals surface area (Å²) in [6.45, 7) is 18.1. The third kappa shape index (κ3) is 6.76. The van der Waals surface area contributed by atoms with Crippen LogP contribution in [0.4, 0.5) is 0 Å². The van der Waals surface area contributed by atoms with Crippen molar-refractivity contribution in [1.29, 1.82) is 5.41 Å². The molecule has 30 heavy (non-hydrogen) atoms. The third-order valence-corrected chi connectivity index (χ3v) is 5.35. The lowest BCUT2D eigenvalue weighted by Crippen LogP contribution is -2.12. The van der Waals surface area contributed by atoms with E-state index in [4.69, 9.17) is 5.41 Å². The molecule has 2 aromatic rings. The normalized spacial score (nSPS) is 13.5. The van der Waals surface area contributed by atoms with Crippen molar-refractivity contribution in [2.75, 3.05) is 13.1 Å². The summed E-state index contributed by atoms with van der Waals surface area (Å²) in [6.07, 6.45) is 0. The van der Waals surface area contributed by atoms with Gasteiger partial charge >= 0.3 is 0 Å². The minimum atomic E-state index is 0.147. The van der Waals surface area contributed by atoms with Gasteiger partial charge in [-0.05, 0) is 46.9 Å². The summed E-state index contributed by atoms with van der Waals surface area (Å²) in [7, 11) is 0. The fourth-order valence-electron chi connectivity index (χ4n) is 3.08. The second-order valence-corrected chi connectivity index (χ2v) is 10.1. The van der Waals surface area contributed by atoms with Crippen LogP contribution in [-0.2, 0) is 10.8 Å². The van der Waals surface area contributed by atoms with Crippen molar-refractivity contribution >= 4 is 17.1 Å². The molecule has 160 valence electrons. The van der Waals surface area contributed by atoms with Crippen LogP contribution in [0.15, 0.2) is 58.5 Å². The van der Waals surface area contributed by atoms with Crippen LogP contribution in [-0.4, -0.2) is 30.2 Å². The summed E-state index contributed by atoms with van der Waals surface area (Å²) in [5.41, 5.74) is 7.57. The Morgan fingerprint density at radius 1 is 0.633 bits per heavy atom. The van der Waals surface area contributed by atoms with Crippen LogP contribution in [0.3, 0.4) is 0 Å². The minimum Gasteiger partial charge on any atom is -0.306 e. The molecule has 0 saturated heterocycles. The standard InChI is InChI=1S/C27H37N3/c1-19(21-9-13-23(14-10-21)26(3,4)5)29-17-25(28)18-30-20(2)22-11-15-24(16-12-22)27(6,7)8/h9-16,28H,17-18H2,1-8H3. The first-order valence-electron chi connectivity index (χ1n) is 10.7. The van der Waals surface area contributed by atoms with E-state index in [2.05, 4.69) is 100 Å². The number of nitrogens with zero attached hydrogens (tertiary/aromatic N) is 2. The Hall–Kier alpha value is -2.55. The number of rotatable bonds is 6. The number of hydrogen-bond donors (Lipinski definition) is 1. The number of aliphatic imine (C=N–C) groups is 2. The van der Waals surface area contributed by atoms with E-state index < -0.39 is 0 Å². The Bertz CT molecular complexity index is 839. The second kappa shape index (κ2) is 9.51. The molecule has 0 fully saturated rings. The molecule has 0 radical (unpaired) electrons. The van der Waals surface area contributed by atoms with Crippen LogP contribution in [0.1, 0.15) is 77.6 Å². The fraction of sp³-hybridized carbons (Fsp3) is 0.444. The van der Waals surface area contributed by atoms with Crippen LogP contribution < -0.4 is 0 Å². The van der Waals surface area contributed by atoms with E-state index in [0.717, 1.165) is 22.6 Å². The van der Waals surface area contributed by atoms with Crippen molar-refractivity contribution in [1.82, 2.24) is 0 Å². The highest BCUT2D eigenvalue weighted by Gasteiger charge is 2.14. The Kier molecular flexibility index (Phi) is 7.52. The van der Waals surface area contributed by atoms with E-state index in [1.807, 2.05) is 13.8 Å². The largest absolute Gasteiger partial charge is 0.306 e. The average Bonchev–Trinajstić information content (AvgIpc) is 2.69. The molecule has 0 atom stereocenters. The van der Waals surface area contributed by atoms with E-state index in [9.17, 15) is 0 Å². The van der Waals surface area contributed by atoms with Crippen LogP contribution >= 0.6 is 0 Å². The lowest BCUT2D eigenvalue weighted by molar-refractivity contribution is 0.590. The Labute approximate surface area is 182 Å². The molecular weight excluding hydrogens is 366 g/mol. The summed E-state index contributed by atoms with van der Waals surface area (Å²) in [6, 6.07) is 17.1. The molecule has 0 aromatic heterocycles. The van der Waals surface area contributed by atoms with Crippen LogP contribution in [0, 0.1) is 5.41 Å². The molecule has 0 aliphatic carbocycles. The smallest absolute Gasteiger partial charge is 0.0787 e. The van der Waals surface area contributed by atoms with Gasteiger partial charge in [-0.3, -0.25) is 9.98 Å². The molecule has 0 heterocycles. The summed E-state index contributed by atoms with van der Waals surface area (Å²) in [5, 5.41) is 8.22. The maximum Gasteiger partial charge on any atom is 0.0787 e. The highest BCUT2D eigenvalue weighted by molar-refractivity contribution is 6.02. The van der Waals surface area contributed by atoms with E-state index in [1.54, 1.807) is 0 Å². The van der Waals surface area contributed by atoms with Crippen molar-refractivity contribution in [3.63, 3.8) is 0 Å². The zero-order chi connectivity index (χ0) is 22.5. The van der Waals surface area contributed by atoms with Crippen LogP contribution in [0.25, 0.3) is 0 Å². The first-order chi connectivity index (χ1) is 13.9. The first kappa shape index (κ1) is 23.7. The Morgan fingerprint density at radius 2 is 0.933 bits per heavy atom. The summed E-state index contributed by atoms with van der Waals surface area (Å²) >= 11 is 0. The molecule has 0 amide bonds. The summed E-state index contributed by atoms with van der Waals surface area (Å²) in [4.78, 5) is 9.20. The van der Waals surface area contributed by atoms with E-state index in [-0.39, 0.29) is 10.8 Å². The van der Waals surface area contributed by atoms with E-state index >= 15 is 0 Å². The lowest BCUT2D eigenvalue weighted by atomic mass is 9.86. The molecule has 2 rings (SSSR count). The molecule has 1 N–H and O–H groups in total. The Morgan fingerprint density at radius 3 is 1.20 bits per heavy atom. The zero-order valence-electron chi connectivity index (χ0n) is 19.9. The van der Waals surface area contributed by atoms with Crippen molar-refractivity contribution in [3.05, 3.63) is 70.8 Å². The summed E-state index contributed by atoms with van der Waals surface area (Å²) in [5.74, 6) is 0. The van der Waals surface area contributed by atoms with Crippen molar-refractivity contribution in [3.8, 4) is 0 Å². The zero-order valence-corrected chi connectivity index (χ0v) is 19.9. The molecule has 3 heteroatoms. The van der Waals surface area contributed by atoms with Gasteiger partial charge < -0.3 is 5.41 Å². The Balaban J connectivity index is 1.96. The quantitative estimate of drug-likeness (QED) is 0.527. The number of nitrogens with one attached hydrogen (secondary N) is 1. The molecule has 2 aromatic carbocycles. The van der Waals surface area contributed by atoms with Gasteiger partial charge in [-0.1, -0.05) is 90.1 Å². The average molecular weight is 404 g/mol. The highest BCUT2D eigenvalue weighted by atomic mass is 14.8. The second-order valence-electron chi connectivity index (χ2n) is 10.1. The molecular formula is C27H37N3. The van der Waals surface area contributed by atoms with Crippen LogP contribution in [0.5, 0.6) is 0 Å². The van der Waals surface area contributed by atoms with Crippen molar-refractivity contribution in [2.24, 2.45) is 9.98 Å². The van der Waals surface area contributed by atoms with Crippen molar-refractivity contribution in [2.45, 2.75) is 66.2 Å². The van der Waals surface area contributed by atoms with Crippen molar-refractivity contribution < 1.29 is 0 Å². The predicted molar refractivity (Wildman–Crippen MR) is 132 cm³/mol. The van der Waals surface area contributed by atoms with Gasteiger partial charge in [0.05, 0.1) is 18.8 Å². The van der Waals surface area contributed by atoms with Gasteiger partial charge in [0.2, 0.25) is 0 Å². The van der Waals surface area contributed by atoms with Gasteiger partial charge in [0.1, 0.15) is 0 Å². The van der Waals surface area contributed by atoms with Gasteiger partial charge in [0, 0.05) is 11.4 Å². The third-order valence-electron chi connectivity index (χ3n) is 5.35. The first-order valence-corrected chi connectivity index (χ1v) is 10.7. The molecule has 0 unspecified atom stereocenters. The van der Waals surface area contributed by atoms with Gasteiger partial charge in [0.25, 0.3) is 0 Å². The van der Waals surface area contributed by atoms with Gasteiger partial charge in [-0.25, -0.2) is 0 Å². The molecule has 0 bridgehead atoms. The molecule has 0 aliphatic rings. The number of benzene rings is 2. The maximum absolute atomic E-state index is 8.22. The monoisotopic (exact) mass is 403 g/mol. The van der Waals surface area contributed by atoms with Crippen LogP contribution in [0.2, 0.25) is 0 Å². The maximum atomic E-state index is 8.22. The highest BCUT2D eigenvalue weighted by Crippen LogP contribution is 2.23. The molecule has 0 saturated carbocycles. The SMILES string of the molecule is CC(=NCC(=N)CN=C(C)c1ccc(C(C)(C)C)cc1)c1ccc(C(C)(C)C)cc1. The topological polar surface area (TPSA) is 48.6 Å². The number of hydrogen-bond acceptors (Lipinski definition) is 3. The van der Waals surface area contributed by atoms with E-state index in [0.29, 0.717) is 18.8 Å².